The number of esters is 1. The highest BCUT2D eigenvalue weighted by Gasteiger charge is 2.36. The number of hydrogen-bond donors (Lipinski definition) is 1. The lowest BCUT2D eigenvalue weighted by Crippen LogP contribution is -2.42. The maximum atomic E-state index is 12.4. The van der Waals surface area contributed by atoms with E-state index in [0.717, 1.165) is 11.1 Å². The highest BCUT2D eigenvalue weighted by atomic mass is 16.5. The lowest BCUT2D eigenvalue weighted by Gasteiger charge is -2.22. The largest absolute Gasteiger partial charge is 0.459 e. The summed E-state index contributed by atoms with van der Waals surface area (Å²) in [5, 5.41) is 2.71. The minimum absolute atomic E-state index is 0.186. The third-order valence-corrected chi connectivity index (χ3v) is 4.47. The van der Waals surface area contributed by atoms with Gasteiger partial charge >= 0.3 is 5.97 Å². The molecule has 1 saturated heterocycles. The van der Waals surface area contributed by atoms with Crippen molar-refractivity contribution in [2.24, 2.45) is 0 Å². The van der Waals surface area contributed by atoms with E-state index in [-0.39, 0.29) is 24.2 Å². The fourth-order valence-electron chi connectivity index (χ4n) is 2.99. The van der Waals surface area contributed by atoms with E-state index in [2.05, 4.69) is 5.32 Å². The summed E-state index contributed by atoms with van der Waals surface area (Å²) >= 11 is 0. The minimum Gasteiger partial charge on any atom is -0.459 e. The van der Waals surface area contributed by atoms with Crippen LogP contribution >= 0.6 is 0 Å². The molecule has 2 heterocycles. The molecule has 0 aliphatic carbocycles. The molecule has 1 aliphatic heterocycles. The van der Waals surface area contributed by atoms with Gasteiger partial charge in [-0.3, -0.25) is 9.59 Å². The van der Waals surface area contributed by atoms with Crippen molar-refractivity contribution in [3.05, 3.63) is 59.5 Å². The average molecular weight is 370 g/mol. The van der Waals surface area contributed by atoms with Crippen molar-refractivity contribution < 1.29 is 23.5 Å². The van der Waals surface area contributed by atoms with E-state index >= 15 is 0 Å². The van der Waals surface area contributed by atoms with Crippen molar-refractivity contribution in [3.8, 4) is 0 Å². The zero-order valence-electron chi connectivity index (χ0n) is 15.1. The molecular formula is C20H22N2O5. The Bertz CT molecular complexity index is 798. The molecule has 1 aliphatic rings. The molecule has 27 heavy (non-hydrogen) atoms. The van der Waals surface area contributed by atoms with Crippen LogP contribution in [0, 0.1) is 6.92 Å². The van der Waals surface area contributed by atoms with Crippen LogP contribution in [0.2, 0.25) is 0 Å². The molecule has 0 bridgehead atoms. The van der Waals surface area contributed by atoms with Crippen molar-refractivity contribution in [2.45, 2.75) is 32.4 Å². The highest BCUT2D eigenvalue weighted by molar-refractivity contribution is 5.95. The molecular weight excluding hydrogens is 348 g/mol. The molecule has 2 aromatic rings. The fourth-order valence-corrected chi connectivity index (χ4v) is 2.99. The van der Waals surface area contributed by atoms with E-state index in [9.17, 15) is 14.4 Å². The number of nitrogens with one attached hydrogen (secondary N) is 1. The third-order valence-electron chi connectivity index (χ3n) is 4.47. The first-order chi connectivity index (χ1) is 13.0. The van der Waals surface area contributed by atoms with Gasteiger partial charge in [-0.1, -0.05) is 29.8 Å². The molecule has 1 fully saturated rings. The minimum atomic E-state index is -0.688. The van der Waals surface area contributed by atoms with Gasteiger partial charge in [0.25, 0.3) is 11.8 Å². The molecule has 1 N–H and O–H groups in total. The van der Waals surface area contributed by atoms with Gasteiger partial charge in [0.1, 0.15) is 6.04 Å². The van der Waals surface area contributed by atoms with Gasteiger partial charge in [-0.2, -0.15) is 0 Å². The molecule has 0 spiro atoms. The number of hydrogen-bond acceptors (Lipinski definition) is 5. The second kappa shape index (κ2) is 8.53. The Kier molecular flexibility index (Phi) is 5.90. The van der Waals surface area contributed by atoms with Crippen LogP contribution in [0.5, 0.6) is 0 Å². The Hall–Kier alpha value is -3.09. The van der Waals surface area contributed by atoms with Crippen LogP contribution < -0.4 is 5.32 Å². The highest BCUT2D eigenvalue weighted by Crippen LogP contribution is 2.21. The molecule has 142 valence electrons. The smallest absolute Gasteiger partial charge is 0.329 e. The Morgan fingerprint density at radius 1 is 1.22 bits per heavy atom. The number of aryl methyl sites for hydroxylation is 1. The molecule has 7 heteroatoms. The topological polar surface area (TPSA) is 88.9 Å². The number of benzene rings is 1. The normalized spacial score (nSPS) is 16.2. The number of likely N-dealkylation sites (tertiary alicyclic amines) is 1. The standard InChI is InChI=1S/C20H22N2O5/c1-14-6-8-15(9-7-14)12-21-18(23)13-27-20(25)16-4-2-10-22(16)19(24)17-5-3-11-26-17/h3,5-9,11,16H,2,4,10,12-13H2,1H3,(H,21,23)/t16-/m0/s1. The zero-order chi connectivity index (χ0) is 19.2. The summed E-state index contributed by atoms with van der Waals surface area (Å²) in [6.45, 7) is 2.44. The van der Waals surface area contributed by atoms with Crippen LogP contribution in [0.1, 0.15) is 34.5 Å². The lowest BCUT2D eigenvalue weighted by atomic mass is 10.1. The number of nitrogens with zero attached hydrogens (tertiary/aromatic N) is 1. The summed E-state index contributed by atoms with van der Waals surface area (Å²) in [4.78, 5) is 38.1. The van der Waals surface area contributed by atoms with Gasteiger partial charge in [0, 0.05) is 13.1 Å². The van der Waals surface area contributed by atoms with Crippen LogP contribution in [-0.4, -0.2) is 41.9 Å². The van der Waals surface area contributed by atoms with Crippen LogP contribution in [0.3, 0.4) is 0 Å². The van der Waals surface area contributed by atoms with Gasteiger partial charge in [0.2, 0.25) is 0 Å². The molecule has 0 unspecified atom stereocenters. The number of carbonyl (C=O) groups is 3. The Morgan fingerprint density at radius 3 is 2.70 bits per heavy atom. The van der Waals surface area contributed by atoms with Crippen molar-refractivity contribution in [3.63, 3.8) is 0 Å². The Labute approximate surface area is 157 Å². The van der Waals surface area contributed by atoms with Gasteiger partial charge in [-0.15, -0.1) is 0 Å². The van der Waals surface area contributed by atoms with E-state index < -0.39 is 12.0 Å². The maximum Gasteiger partial charge on any atom is 0.329 e. The first-order valence-corrected chi connectivity index (χ1v) is 8.88. The van der Waals surface area contributed by atoms with Gasteiger partial charge in [0.15, 0.2) is 12.4 Å². The quantitative estimate of drug-likeness (QED) is 0.786. The second-order valence-electron chi connectivity index (χ2n) is 6.50. The molecule has 7 nitrogen and oxygen atoms in total. The van der Waals surface area contributed by atoms with E-state index in [0.29, 0.717) is 25.9 Å². The summed E-state index contributed by atoms with van der Waals surface area (Å²) < 4.78 is 10.2. The number of ether oxygens (including phenoxy) is 1. The van der Waals surface area contributed by atoms with Crippen LogP contribution in [-0.2, 0) is 20.9 Å². The van der Waals surface area contributed by atoms with Crippen molar-refractivity contribution >= 4 is 17.8 Å². The van der Waals surface area contributed by atoms with E-state index in [1.807, 2.05) is 31.2 Å². The summed E-state index contributed by atoms with van der Waals surface area (Å²) in [6, 6.07) is 10.3. The predicted molar refractivity (Wildman–Crippen MR) is 96.8 cm³/mol. The summed E-state index contributed by atoms with van der Waals surface area (Å²) in [6.07, 6.45) is 2.62. The number of amides is 2. The first-order valence-electron chi connectivity index (χ1n) is 8.88. The van der Waals surface area contributed by atoms with Gasteiger partial charge < -0.3 is 19.4 Å². The van der Waals surface area contributed by atoms with Gasteiger partial charge in [-0.05, 0) is 37.5 Å². The van der Waals surface area contributed by atoms with Crippen molar-refractivity contribution in [1.29, 1.82) is 0 Å². The fraction of sp³-hybridized carbons (Fsp3) is 0.350. The molecule has 2 amide bonds. The Morgan fingerprint density at radius 2 is 2.00 bits per heavy atom. The average Bonchev–Trinajstić information content (AvgIpc) is 3.37. The molecule has 3 rings (SSSR count). The number of furan rings is 1. The maximum absolute atomic E-state index is 12.4. The lowest BCUT2D eigenvalue weighted by molar-refractivity contribution is -0.152. The SMILES string of the molecule is Cc1ccc(CNC(=O)COC(=O)[C@@H]2CCCN2C(=O)c2ccco2)cc1. The van der Waals surface area contributed by atoms with E-state index in [1.165, 1.54) is 11.2 Å². The number of carbonyl (C=O) groups excluding carboxylic acids is 3. The molecule has 1 aromatic heterocycles. The molecule has 0 saturated carbocycles. The van der Waals surface area contributed by atoms with Crippen molar-refractivity contribution in [2.75, 3.05) is 13.2 Å². The molecule has 1 aromatic carbocycles. The Balaban J connectivity index is 1.47. The summed E-state index contributed by atoms with van der Waals surface area (Å²) in [7, 11) is 0. The summed E-state index contributed by atoms with van der Waals surface area (Å²) in [5.74, 6) is -1.11. The zero-order valence-corrected chi connectivity index (χ0v) is 15.1. The van der Waals surface area contributed by atoms with Gasteiger partial charge in [-0.25, -0.2) is 4.79 Å². The first kappa shape index (κ1) is 18.7. The third kappa shape index (κ3) is 4.75. The monoisotopic (exact) mass is 370 g/mol. The van der Waals surface area contributed by atoms with Crippen molar-refractivity contribution in [1.82, 2.24) is 10.2 Å². The summed E-state index contributed by atoms with van der Waals surface area (Å²) in [5.41, 5.74) is 2.11. The van der Waals surface area contributed by atoms with E-state index in [4.69, 9.17) is 9.15 Å². The van der Waals surface area contributed by atoms with Crippen LogP contribution in [0.15, 0.2) is 47.1 Å². The van der Waals surface area contributed by atoms with Crippen LogP contribution in [0.25, 0.3) is 0 Å². The van der Waals surface area contributed by atoms with Gasteiger partial charge in [0.05, 0.1) is 6.26 Å². The number of rotatable bonds is 6. The van der Waals surface area contributed by atoms with Crippen LogP contribution in [0.4, 0.5) is 0 Å². The second-order valence-corrected chi connectivity index (χ2v) is 6.50. The molecule has 1 atom stereocenters. The van der Waals surface area contributed by atoms with E-state index in [1.54, 1.807) is 12.1 Å². The molecule has 0 radical (unpaired) electrons. The predicted octanol–water partition coefficient (Wildman–Crippen LogP) is 2.05.